The van der Waals surface area contributed by atoms with Crippen LogP contribution in [-0.4, -0.2) is 0 Å². The summed E-state index contributed by atoms with van der Waals surface area (Å²) in [5, 5.41) is 12.5. The van der Waals surface area contributed by atoms with Gasteiger partial charge in [0, 0.05) is 0 Å². The Bertz CT molecular complexity index is 23.1. The van der Waals surface area contributed by atoms with E-state index in [1.165, 1.54) is 0 Å². The summed E-state index contributed by atoms with van der Waals surface area (Å²) in [5.74, 6) is 0. The van der Waals surface area contributed by atoms with Crippen molar-refractivity contribution in [1.29, 1.82) is 10.5 Å². The van der Waals surface area contributed by atoms with Crippen molar-refractivity contribution in [1.82, 2.24) is 0 Å². The van der Waals surface area contributed by atoms with Crippen molar-refractivity contribution >= 4 is 0 Å². The van der Waals surface area contributed by atoms with Gasteiger partial charge in [0.05, 0.1) is 0 Å². The summed E-state index contributed by atoms with van der Waals surface area (Å²) >= 11 is 0. The van der Waals surface area contributed by atoms with Crippen molar-refractivity contribution in [2.75, 3.05) is 0 Å². The molecule has 0 atom stereocenters. The first-order valence-corrected chi connectivity index (χ1v) is 0.447. The third-order valence-corrected chi connectivity index (χ3v) is 0. The number of nitrogens with zero attached hydrogens (tertiary/aromatic N) is 2. The normalized spacial score (nSPS) is 0.800. The van der Waals surface area contributed by atoms with Crippen LogP contribution in [0.4, 0.5) is 0 Å². The smallest absolute Gasteiger partial charge is 0.512 e. The molecule has 0 aliphatic heterocycles. The summed E-state index contributed by atoms with van der Waals surface area (Å²) in [5.41, 5.74) is 0. The maximum atomic E-state index is 6.25. The van der Waals surface area contributed by atoms with Gasteiger partial charge in [-0.15, -0.1) is 0 Å². The molecule has 0 radical (unpaired) electrons. The van der Waals surface area contributed by atoms with Crippen molar-refractivity contribution in [3.05, 3.63) is 13.1 Å². The molecule has 0 fully saturated rings. The molecule has 0 unspecified atom stereocenters. The summed E-state index contributed by atoms with van der Waals surface area (Å²) in [7, 11) is 0. The number of rotatable bonds is 0. The zero-order valence-electron chi connectivity index (χ0n) is 2.89. The van der Waals surface area contributed by atoms with Gasteiger partial charge in [-0.1, -0.05) is 0 Å². The van der Waals surface area contributed by atoms with Gasteiger partial charge in [0.1, 0.15) is 0 Å². The van der Waals surface area contributed by atoms with Crippen LogP contribution in [0, 0.1) is 23.7 Å². The molecule has 2 nitrogen and oxygen atoms in total. The van der Waals surface area contributed by atoms with Crippen molar-refractivity contribution < 1.29 is 29.6 Å². The molecule has 0 aromatic rings. The van der Waals surface area contributed by atoms with E-state index in [4.69, 9.17) is 23.7 Å². The largest absolute Gasteiger partial charge is 1.00 e. The van der Waals surface area contributed by atoms with Crippen LogP contribution in [0.25, 0.3) is 0 Å². The van der Waals surface area contributed by atoms with Crippen LogP contribution in [-0.2, 0) is 0 Å². The van der Waals surface area contributed by atoms with Gasteiger partial charge >= 0.3 is 29.6 Å². The van der Waals surface area contributed by atoms with E-state index in [9.17, 15) is 0 Å². The van der Waals surface area contributed by atoms with Gasteiger partial charge in [-0.2, -0.15) is 0 Å². The summed E-state index contributed by atoms with van der Waals surface area (Å²) in [6.07, 6.45) is 0. The van der Waals surface area contributed by atoms with Crippen molar-refractivity contribution in [2.45, 2.75) is 0 Å². The van der Waals surface area contributed by atoms with Crippen LogP contribution in [0.3, 0.4) is 0 Å². The van der Waals surface area contributed by atoms with Gasteiger partial charge in [-0.25, -0.2) is 0 Å². The first-order chi connectivity index (χ1) is 2.00. The predicted octanol–water partition coefficient (Wildman–Crippen LogP) is -2.80. The maximum absolute atomic E-state index is 6.25. The zero-order chi connectivity index (χ0) is 4.00. The van der Waals surface area contributed by atoms with Crippen molar-refractivity contribution in [3.8, 4) is 0 Å². The van der Waals surface area contributed by atoms with E-state index in [2.05, 4.69) is 0 Å². The molecule has 0 heterocycles. The number of hydrogen-bond donors (Lipinski definition) is 0. The zero-order valence-corrected chi connectivity index (χ0v) is 4.89. The molecule has 0 saturated heterocycles. The van der Waals surface area contributed by atoms with Crippen LogP contribution in [0.5, 0.6) is 0 Å². The molecule has 0 aromatic carbocycles. The van der Waals surface area contributed by atoms with Crippen LogP contribution in [0.15, 0.2) is 0 Å². The Kier molecular flexibility index (Phi) is 356000. The minimum Gasteiger partial charge on any atom is -0.512 e. The van der Waals surface area contributed by atoms with Gasteiger partial charge in [-0.05, 0) is 0 Å². The van der Waals surface area contributed by atoms with Gasteiger partial charge in [0.15, 0.2) is 0 Å². The van der Waals surface area contributed by atoms with E-state index in [-0.39, 0.29) is 29.6 Å². The molecule has 3 heteroatoms. The fourth-order valence-corrected chi connectivity index (χ4v) is 0. The monoisotopic (exact) mass is 75.0 g/mol. The second kappa shape index (κ2) is 88400. The average Bonchev–Trinajstić information content (AvgIpc) is 1.50. The van der Waals surface area contributed by atoms with E-state index in [1.807, 2.05) is 0 Å². The van der Waals surface area contributed by atoms with Gasteiger partial charge in [0.2, 0.25) is 0 Å². The van der Waals surface area contributed by atoms with E-state index >= 15 is 0 Å². The van der Waals surface area contributed by atoms with E-state index < -0.39 is 0 Å². The van der Waals surface area contributed by atoms with Gasteiger partial charge < -0.3 is 23.7 Å². The van der Waals surface area contributed by atoms with E-state index in [1.54, 1.807) is 0 Å². The minimum atomic E-state index is 0. The van der Waals surface area contributed by atoms with Crippen LogP contribution >= 0.6 is 0 Å². The first kappa shape index (κ1) is 20.1. The summed E-state index contributed by atoms with van der Waals surface area (Å²) < 4.78 is 0. The second-order valence-electron chi connectivity index (χ2n) is 0. The van der Waals surface area contributed by atoms with E-state index in [0.717, 1.165) is 0 Å². The fraction of sp³-hybridized carbons (Fsp3) is 0. The summed E-state index contributed by atoms with van der Waals surface area (Å²) in [6, 6.07) is 0. The Morgan fingerprint density at radius 1 is 0.800 bits per heavy atom. The molecular formula is C2N2Na-. The standard InChI is InChI=1S/2CN.Na/c2*1-2;/q2*-1;+1. The summed E-state index contributed by atoms with van der Waals surface area (Å²) in [4.78, 5) is 0. The third-order valence-electron chi connectivity index (χ3n) is 0. The van der Waals surface area contributed by atoms with Crippen LogP contribution < -0.4 is 29.6 Å². The van der Waals surface area contributed by atoms with Gasteiger partial charge in [-0.3, -0.25) is 0 Å². The fourth-order valence-electron chi connectivity index (χ4n) is 0. The topological polar surface area (TPSA) is 47.6 Å². The molecule has 0 amide bonds. The SMILES string of the molecule is [C-]#N.[C-]#N.[Na+]. The Labute approximate surface area is 53.3 Å². The van der Waals surface area contributed by atoms with Gasteiger partial charge in [0.25, 0.3) is 0 Å². The first-order valence-electron chi connectivity index (χ1n) is 0.447. The molecule has 5 heavy (non-hydrogen) atoms. The molecule has 20 valence electrons. The Balaban J connectivity index is -0.0000000133. The molecule has 0 saturated carbocycles. The van der Waals surface area contributed by atoms with Crippen LogP contribution in [0.1, 0.15) is 0 Å². The molecule has 0 spiro atoms. The molecule has 0 aliphatic rings. The summed E-state index contributed by atoms with van der Waals surface area (Å²) in [6.45, 7) is 9.50. The molecule has 0 rings (SSSR count). The third kappa shape index (κ3) is 39000. The average molecular weight is 75.0 g/mol. The maximum Gasteiger partial charge on any atom is 1.00 e. The van der Waals surface area contributed by atoms with Crippen molar-refractivity contribution in [2.24, 2.45) is 0 Å². The molecule has 0 bridgehead atoms. The molecule has 0 aliphatic carbocycles. The quantitative estimate of drug-likeness (QED) is 0.230. The Hall–Kier alpha value is -0.0200. The second-order valence-corrected chi connectivity index (χ2v) is 0. The molecule has 0 N–H and O–H groups in total. The van der Waals surface area contributed by atoms with Crippen molar-refractivity contribution in [3.63, 3.8) is 0 Å². The molecular weight excluding hydrogens is 75.0 g/mol. The molecule has 0 aromatic heterocycles. The predicted molar refractivity (Wildman–Crippen MR) is 9.94 cm³/mol. The van der Waals surface area contributed by atoms with E-state index in [0.29, 0.717) is 0 Å². The minimum absolute atomic E-state index is 0. The Morgan fingerprint density at radius 3 is 0.800 bits per heavy atom. The Morgan fingerprint density at radius 2 is 0.800 bits per heavy atom. The number of hydrogen-bond acceptors (Lipinski definition) is 2. The van der Waals surface area contributed by atoms with Crippen LogP contribution in [0.2, 0.25) is 0 Å².